The Hall–Kier alpha value is -0.610. The minimum atomic E-state index is -0.796. The minimum absolute atomic E-state index is 0.118. The molecule has 1 aliphatic carbocycles. The average Bonchev–Trinajstić information content (AvgIpc) is 1.94. The lowest BCUT2D eigenvalue weighted by atomic mass is 9.77. The van der Waals surface area contributed by atoms with E-state index in [0.717, 1.165) is 19.3 Å². The van der Waals surface area contributed by atoms with Gasteiger partial charge in [0.25, 0.3) is 0 Å². The summed E-state index contributed by atoms with van der Waals surface area (Å²) in [6.07, 6.45) is 3.18. The first kappa shape index (κ1) is 9.48. The lowest BCUT2D eigenvalue weighted by Crippen LogP contribution is -2.54. The maximum absolute atomic E-state index is 10.2. The van der Waals surface area contributed by atoms with Crippen molar-refractivity contribution in [2.75, 3.05) is 13.2 Å². The molecule has 0 amide bonds. The maximum atomic E-state index is 10.2. The van der Waals surface area contributed by atoms with Gasteiger partial charge in [0.15, 0.2) is 0 Å². The summed E-state index contributed by atoms with van der Waals surface area (Å²) in [5.41, 5.74) is -0.157. The van der Waals surface area contributed by atoms with Crippen molar-refractivity contribution in [3.63, 3.8) is 0 Å². The molecule has 0 atom stereocenters. The Balaban J connectivity index is 2.16. The van der Waals surface area contributed by atoms with Gasteiger partial charge in [-0.2, -0.15) is 0 Å². The number of aliphatic hydroxyl groups is 1. The molecule has 0 saturated heterocycles. The molecule has 3 N–H and O–H groups in total. The van der Waals surface area contributed by atoms with Gasteiger partial charge in [-0.25, -0.2) is 0 Å². The van der Waals surface area contributed by atoms with Gasteiger partial charge in [-0.05, 0) is 19.3 Å². The molecule has 1 aliphatic rings. The van der Waals surface area contributed by atoms with Gasteiger partial charge in [0, 0.05) is 12.1 Å². The van der Waals surface area contributed by atoms with Crippen LogP contribution in [0.25, 0.3) is 0 Å². The Kier molecular flexibility index (Phi) is 3.05. The van der Waals surface area contributed by atoms with Crippen molar-refractivity contribution in [1.29, 1.82) is 0 Å². The molecule has 1 fully saturated rings. The van der Waals surface area contributed by atoms with Gasteiger partial charge in [0.05, 0.1) is 13.0 Å². The van der Waals surface area contributed by atoms with Gasteiger partial charge in [-0.15, -0.1) is 0 Å². The quantitative estimate of drug-likeness (QED) is 0.546. The second-order valence-corrected chi connectivity index (χ2v) is 3.36. The van der Waals surface area contributed by atoms with Crippen LogP contribution in [-0.4, -0.2) is 34.9 Å². The Morgan fingerprint density at radius 1 is 1.50 bits per heavy atom. The summed E-state index contributed by atoms with van der Waals surface area (Å²) in [7, 11) is 0. The van der Waals surface area contributed by atoms with E-state index in [1.54, 1.807) is 0 Å². The Morgan fingerprint density at radius 3 is 2.50 bits per heavy atom. The van der Waals surface area contributed by atoms with Gasteiger partial charge < -0.3 is 15.5 Å². The van der Waals surface area contributed by atoms with Gasteiger partial charge >= 0.3 is 5.97 Å². The molecule has 70 valence electrons. The number of nitrogens with one attached hydrogen (secondary N) is 1. The van der Waals surface area contributed by atoms with Crippen molar-refractivity contribution in [3.8, 4) is 0 Å². The van der Waals surface area contributed by atoms with Gasteiger partial charge in [0.2, 0.25) is 0 Å². The zero-order chi connectivity index (χ0) is 9.03. The molecule has 1 saturated carbocycles. The number of rotatable bonds is 5. The molecule has 0 aromatic carbocycles. The van der Waals surface area contributed by atoms with Crippen molar-refractivity contribution in [2.45, 2.75) is 31.2 Å². The Morgan fingerprint density at radius 2 is 2.17 bits per heavy atom. The SMILES string of the molecule is O=C(O)CCNC1(CO)CCC1. The number of aliphatic carboxylic acids is 1. The van der Waals surface area contributed by atoms with Crippen LogP contribution < -0.4 is 5.32 Å². The van der Waals surface area contributed by atoms with E-state index in [2.05, 4.69) is 5.32 Å². The smallest absolute Gasteiger partial charge is 0.304 e. The van der Waals surface area contributed by atoms with Crippen molar-refractivity contribution in [2.24, 2.45) is 0 Å². The van der Waals surface area contributed by atoms with Crippen molar-refractivity contribution in [1.82, 2.24) is 5.32 Å². The summed E-state index contributed by atoms with van der Waals surface area (Å²) >= 11 is 0. The number of carbonyl (C=O) groups is 1. The number of carboxylic acid groups (broad SMARTS) is 1. The summed E-state index contributed by atoms with van der Waals surface area (Å²) in [6.45, 7) is 0.572. The zero-order valence-electron chi connectivity index (χ0n) is 7.05. The highest BCUT2D eigenvalue weighted by atomic mass is 16.4. The van der Waals surface area contributed by atoms with E-state index in [0.29, 0.717) is 6.54 Å². The highest BCUT2D eigenvalue weighted by molar-refractivity contribution is 5.66. The molecule has 4 heteroatoms. The Bertz CT molecular complexity index is 160. The first-order valence-electron chi connectivity index (χ1n) is 4.26. The van der Waals surface area contributed by atoms with Gasteiger partial charge in [0.1, 0.15) is 0 Å². The number of hydrogen-bond donors (Lipinski definition) is 3. The lowest BCUT2D eigenvalue weighted by Gasteiger charge is -2.41. The summed E-state index contributed by atoms with van der Waals surface area (Å²) in [5, 5.41) is 20.4. The predicted molar refractivity (Wildman–Crippen MR) is 43.9 cm³/mol. The molecule has 0 heterocycles. The standard InChI is InChI=1S/C8H15NO3/c10-6-8(3-1-4-8)9-5-2-7(11)12/h9-10H,1-6H2,(H,11,12). The van der Waals surface area contributed by atoms with Crippen LogP contribution in [0, 0.1) is 0 Å². The fourth-order valence-electron chi connectivity index (χ4n) is 1.43. The van der Waals surface area contributed by atoms with Gasteiger partial charge in [-0.3, -0.25) is 4.79 Å². The number of carboxylic acids is 1. The first-order chi connectivity index (χ1) is 5.68. The van der Waals surface area contributed by atoms with E-state index < -0.39 is 5.97 Å². The van der Waals surface area contributed by atoms with Crippen LogP contribution in [0.2, 0.25) is 0 Å². The van der Waals surface area contributed by atoms with Crippen LogP contribution in [0.1, 0.15) is 25.7 Å². The molecule has 12 heavy (non-hydrogen) atoms. The highest BCUT2D eigenvalue weighted by Crippen LogP contribution is 2.30. The summed E-state index contributed by atoms with van der Waals surface area (Å²) in [5.74, 6) is -0.796. The third-order valence-electron chi connectivity index (χ3n) is 2.45. The molecular formula is C8H15NO3. The molecule has 1 rings (SSSR count). The molecule has 0 bridgehead atoms. The molecule has 0 aliphatic heterocycles. The molecule has 0 spiro atoms. The maximum Gasteiger partial charge on any atom is 0.304 e. The van der Waals surface area contributed by atoms with E-state index in [1.165, 1.54) is 0 Å². The van der Waals surface area contributed by atoms with Crippen LogP contribution in [-0.2, 0) is 4.79 Å². The zero-order valence-corrected chi connectivity index (χ0v) is 7.05. The molecule has 0 radical (unpaired) electrons. The summed E-state index contributed by atoms with van der Waals surface area (Å²) in [4.78, 5) is 10.2. The van der Waals surface area contributed by atoms with Crippen LogP contribution in [0.15, 0.2) is 0 Å². The van der Waals surface area contributed by atoms with E-state index in [1.807, 2.05) is 0 Å². The average molecular weight is 173 g/mol. The monoisotopic (exact) mass is 173 g/mol. The van der Waals surface area contributed by atoms with Crippen LogP contribution >= 0.6 is 0 Å². The third kappa shape index (κ3) is 2.19. The van der Waals surface area contributed by atoms with E-state index in [-0.39, 0.29) is 18.6 Å². The largest absolute Gasteiger partial charge is 0.481 e. The molecular weight excluding hydrogens is 158 g/mol. The second-order valence-electron chi connectivity index (χ2n) is 3.36. The van der Waals surface area contributed by atoms with Crippen molar-refractivity contribution in [3.05, 3.63) is 0 Å². The first-order valence-corrected chi connectivity index (χ1v) is 4.26. The fraction of sp³-hybridized carbons (Fsp3) is 0.875. The molecule has 0 aromatic rings. The minimum Gasteiger partial charge on any atom is -0.481 e. The van der Waals surface area contributed by atoms with E-state index in [4.69, 9.17) is 10.2 Å². The number of aliphatic hydroxyl groups excluding tert-OH is 1. The second kappa shape index (κ2) is 3.87. The molecule has 0 aromatic heterocycles. The Labute approximate surface area is 71.6 Å². The van der Waals surface area contributed by atoms with Crippen LogP contribution in [0.3, 0.4) is 0 Å². The van der Waals surface area contributed by atoms with Crippen LogP contribution in [0.5, 0.6) is 0 Å². The fourth-order valence-corrected chi connectivity index (χ4v) is 1.43. The van der Waals surface area contributed by atoms with Gasteiger partial charge in [-0.1, -0.05) is 0 Å². The normalized spacial score (nSPS) is 20.1. The third-order valence-corrected chi connectivity index (χ3v) is 2.45. The molecule has 0 unspecified atom stereocenters. The van der Waals surface area contributed by atoms with Crippen molar-refractivity contribution >= 4 is 5.97 Å². The summed E-state index contributed by atoms with van der Waals surface area (Å²) in [6, 6.07) is 0. The van der Waals surface area contributed by atoms with E-state index in [9.17, 15) is 4.79 Å². The van der Waals surface area contributed by atoms with Crippen molar-refractivity contribution < 1.29 is 15.0 Å². The summed E-state index contributed by atoms with van der Waals surface area (Å²) < 4.78 is 0. The lowest BCUT2D eigenvalue weighted by molar-refractivity contribution is -0.137. The topological polar surface area (TPSA) is 69.6 Å². The predicted octanol–water partition coefficient (Wildman–Crippen LogP) is -0.0343. The molecule has 4 nitrogen and oxygen atoms in total. The highest BCUT2D eigenvalue weighted by Gasteiger charge is 2.35. The number of hydrogen-bond acceptors (Lipinski definition) is 3. The van der Waals surface area contributed by atoms with E-state index >= 15 is 0 Å². The van der Waals surface area contributed by atoms with Crippen LogP contribution in [0.4, 0.5) is 0 Å².